The van der Waals surface area contributed by atoms with Gasteiger partial charge in [-0.2, -0.15) is 0 Å². The van der Waals surface area contributed by atoms with E-state index in [1.54, 1.807) is 7.11 Å². The van der Waals surface area contributed by atoms with Crippen molar-refractivity contribution in [1.82, 2.24) is 0 Å². The van der Waals surface area contributed by atoms with E-state index in [9.17, 15) is 10.1 Å². The van der Waals surface area contributed by atoms with Crippen LogP contribution >= 0.6 is 15.9 Å². The molecule has 5 nitrogen and oxygen atoms in total. The number of halogens is 1. The molecular formula is C21H23BrN2O3. The predicted molar refractivity (Wildman–Crippen MR) is 111 cm³/mol. The van der Waals surface area contributed by atoms with E-state index < -0.39 is 6.04 Å². The van der Waals surface area contributed by atoms with Gasteiger partial charge in [0, 0.05) is 21.3 Å². The third-order valence-electron chi connectivity index (χ3n) is 5.19. The standard InChI is InChI=1S/C21H23BrN2O3/c1-4-19-21(24(25)26)20(15-5-7-16(22)8-6-15)14(2)13-23(19)17-9-11-18(27-3)12-10-17/h5-13,19-21H,4H2,1-3H3. The van der Waals surface area contributed by atoms with Crippen LogP contribution in [0.1, 0.15) is 31.7 Å². The van der Waals surface area contributed by atoms with Gasteiger partial charge in [0.05, 0.1) is 13.0 Å². The summed E-state index contributed by atoms with van der Waals surface area (Å²) in [7, 11) is 1.63. The molecule has 3 rings (SSSR count). The summed E-state index contributed by atoms with van der Waals surface area (Å²) in [6, 6.07) is 14.5. The highest BCUT2D eigenvalue weighted by atomic mass is 79.9. The number of nitro groups is 1. The van der Waals surface area contributed by atoms with E-state index in [1.165, 1.54) is 0 Å². The Bertz CT molecular complexity index is 834. The minimum absolute atomic E-state index is 0.117. The molecule has 3 atom stereocenters. The molecule has 0 saturated heterocycles. The summed E-state index contributed by atoms with van der Waals surface area (Å²) in [6.07, 6.45) is 2.73. The van der Waals surface area contributed by atoms with Crippen LogP contribution in [0.5, 0.6) is 5.75 Å². The van der Waals surface area contributed by atoms with Crippen LogP contribution in [0.15, 0.2) is 64.8 Å². The van der Waals surface area contributed by atoms with Crippen LogP contribution in [-0.2, 0) is 0 Å². The maximum absolute atomic E-state index is 12.1. The normalized spacial score (nSPS) is 22.3. The molecular weight excluding hydrogens is 408 g/mol. The molecule has 1 heterocycles. The summed E-state index contributed by atoms with van der Waals surface area (Å²) < 4.78 is 6.19. The first-order valence-electron chi connectivity index (χ1n) is 8.96. The maximum Gasteiger partial charge on any atom is 0.243 e. The van der Waals surface area contributed by atoms with Crippen molar-refractivity contribution in [3.63, 3.8) is 0 Å². The molecule has 0 aromatic heterocycles. The molecule has 0 bridgehead atoms. The van der Waals surface area contributed by atoms with Crippen LogP contribution < -0.4 is 9.64 Å². The number of hydrogen-bond acceptors (Lipinski definition) is 4. The topological polar surface area (TPSA) is 55.6 Å². The van der Waals surface area contributed by atoms with Crippen LogP contribution in [0.2, 0.25) is 0 Å². The Balaban J connectivity index is 2.07. The Morgan fingerprint density at radius 2 is 1.78 bits per heavy atom. The molecule has 0 saturated carbocycles. The van der Waals surface area contributed by atoms with Gasteiger partial charge >= 0.3 is 0 Å². The van der Waals surface area contributed by atoms with E-state index in [2.05, 4.69) is 22.1 Å². The van der Waals surface area contributed by atoms with Crippen LogP contribution in [0, 0.1) is 10.1 Å². The van der Waals surface area contributed by atoms with Gasteiger partial charge in [0.15, 0.2) is 0 Å². The number of methoxy groups -OCH3 is 1. The minimum Gasteiger partial charge on any atom is -0.497 e. The molecule has 0 fully saturated rings. The summed E-state index contributed by atoms with van der Waals surface area (Å²) in [5.41, 5.74) is 2.89. The van der Waals surface area contributed by atoms with Crippen molar-refractivity contribution in [3.8, 4) is 5.75 Å². The summed E-state index contributed by atoms with van der Waals surface area (Å²) in [4.78, 5) is 14.0. The van der Waals surface area contributed by atoms with E-state index >= 15 is 0 Å². The largest absolute Gasteiger partial charge is 0.497 e. The van der Waals surface area contributed by atoms with Crippen molar-refractivity contribution >= 4 is 21.6 Å². The third kappa shape index (κ3) is 3.86. The summed E-state index contributed by atoms with van der Waals surface area (Å²) in [5, 5.41) is 12.1. The van der Waals surface area contributed by atoms with Crippen LogP contribution in [0.4, 0.5) is 5.69 Å². The SMILES string of the molecule is CCC1C([N+](=O)[O-])C(c2ccc(Br)cc2)C(C)=CN1c1ccc(OC)cc1. The number of anilines is 1. The second kappa shape index (κ2) is 8.13. The third-order valence-corrected chi connectivity index (χ3v) is 5.72. The second-order valence-electron chi connectivity index (χ2n) is 6.76. The summed E-state index contributed by atoms with van der Waals surface area (Å²) in [5.74, 6) is 0.524. The molecule has 3 unspecified atom stereocenters. The molecule has 0 N–H and O–H groups in total. The van der Waals surface area contributed by atoms with Gasteiger partial charge in [-0.1, -0.05) is 35.0 Å². The Morgan fingerprint density at radius 1 is 1.15 bits per heavy atom. The molecule has 142 valence electrons. The molecule has 2 aromatic carbocycles. The lowest BCUT2D eigenvalue weighted by atomic mass is 9.78. The van der Waals surface area contributed by atoms with Crippen LogP contribution in [0.3, 0.4) is 0 Å². The Labute approximate surface area is 167 Å². The van der Waals surface area contributed by atoms with Gasteiger partial charge in [-0.05, 0) is 60.9 Å². The lowest BCUT2D eigenvalue weighted by Crippen LogP contribution is -2.51. The molecule has 0 radical (unpaired) electrons. The quantitative estimate of drug-likeness (QED) is 0.471. The first-order chi connectivity index (χ1) is 13.0. The smallest absolute Gasteiger partial charge is 0.243 e. The van der Waals surface area contributed by atoms with Gasteiger partial charge in [0.25, 0.3) is 0 Å². The van der Waals surface area contributed by atoms with Gasteiger partial charge in [-0.3, -0.25) is 10.1 Å². The number of nitrogens with zero attached hydrogens (tertiary/aromatic N) is 2. The van der Waals surface area contributed by atoms with Gasteiger partial charge in [-0.15, -0.1) is 0 Å². The van der Waals surface area contributed by atoms with E-state index in [4.69, 9.17) is 4.74 Å². The molecule has 6 heteroatoms. The van der Waals surface area contributed by atoms with Crippen molar-refractivity contribution in [2.45, 2.75) is 38.3 Å². The Kier molecular flexibility index (Phi) is 5.85. The number of benzene rings is 2. The predicted octanol–water partition coefficient (Wildman–Crippen LogP) is 5.39. The zero-order chi connectivity index (χ0) is 19.6. The van der Waals surface area contributed by atoms with Gasteiger partial charge in [-0.25, -0.2) is 0 Å². The molecule has 1 aliphatic heterocycles. The minimum atomic E-state index is -0.719. The van der Waals surface area contributed by atoms with E-state index in [0.717, 1.165) is 27.0 Å². The van der Waals surface area contributed by atoms with Crippen molar-refractivity contribution in [1.29, 1.82) is 0 Å². The van der Waals surface area contributed by atoms with E-state index in [0.29, 0.717) is 6.42 Å². The Hall–Kier alpha value is -2.34. The highest BCUT2D eigenvalue weighted by molar-refractivity contribution is 9.10. The Morgan fingerprint density at radius 3 is 2.30 bits per heavy atom. The van der Waals surface area contributed by atoms with Gasteiger partial charge < -0.3 is 9.64 Å². The van der Waals surface area contributed by atoms with Gasteiger partial charge in [0.2, 0.25) is 6.04 Å². The van der Waals surface area contributed by atoms with Crippen molar-refractivity contribution in [3.05, 3.63) is 80.5 Å². The van der Waals surface area contributed by atoms with E-state index in [1.807, 2.05) is 67.3 Å². The molecule has 0 amide bonds. The lowest BCUT2D eigenvalue weighted by molar-refractivity contribution is -0.529. The summed E-state index contributed by atoms with van der Waals surface area (Å²) >= 11 is 3.44. The number of hydrogen-bond donors (Lipinski definition) is 0. The first-order valence-corrected chi connectivity index (χ1v) is 9.75. The second-order valence-corrected chi connectivity index (χ2v) is 7.67. The fourth-order valence-electron chi connectivity index (χ4n) is 3.90. The molecule has 2 aromatic rings. The number of ether oxygens (including phenoxy) is 1. The van der Waals surface area contributed by atoms with Crippen molar-refractivity contribution in [2.24, 2.45) is 0 Å². The van der Waals surface area contributed by atoms with E-state index in [-0.39, 0.29) is 16.9 Å². The first kappa shape index (κ1) is 19.4. The van der Waals surface area contributed by atoms with Gasteiger partial charge in [0.1, 0.15) is 11.8 Å². The zero-order valence-electron chi connectivity index (χ0n) is 15.6. The van der Waals surface area contributed by atoms with Crippen molar-refractivity contribution in [2.75, 3.05) is 12.0 Å². The average Bonchev–Trinajstić information content (AvgIpc) is 2.68. The molecule has 0 spiro atoms. The summed E-state index contributed by atoms with van der Waals surface area (Å²) in [6.45, 7) is 3.98. The average molecular weight is 431 g/mol. The lowest BCUT2D eigenvalue weighted by Gasteiger charge is -2.40. The molecule has 1 aliphatic rings. The molecule has 0 aliphatic carbocycles. The fraction of sp³-hybridized carbons (Fsp3) is 0.333. The fourth-order valence-corrected chi connectivity index (χ4v) is 4.17. The maximum atomic E-state index is 12.1. The van der Waals surface area contributed by atoms with Crippen LogP contribution in [-0.4, -0.2) is 24.1 Å². The number of rotatable bonds is 5. The van der Waals surface area contributed by atoms with Crippen LogP contribution in [0.25, 0.3) is 0 Å². The van der Waals surface area contributed by atoms with Crippen molar-refractivity contribution < 1.29 is 9.66 Å². The highest BCUT2D eigenvalue weighted by Crippen LogP contribution is 2.40. The molecule has 27 heavy (non-hydrogen) atoms. The zero-order valence-corrected chi connectivity index (χ0v) is 17.2. The highest BCUT2D eigenvalue weighted by Gasteiger charge is 2.46. The monoisotopic (exact) mass is 430 g/mol.